The largest absolute Gasteiger partial charge is 0.393 e. The number of aliphatic hydroxyl groups excluding tert-OH is 1. The molecule has 1 N–H and O–H groups in total. The van der Waals surface area contributed by atoms with Crippen molar-refractivity contribution in [2.45, 2.75) is 51.2 Å². The third-order valence-corrected chi connectivity index (χ3v) is 5.28. The van der Waals surface area contributed by atoms with Crippen LogP contribution in [0, 0.1) is 5.92 Å². The second kappa shape index (κ2) is 6.27. The van der Waals surface area contributed by atoms with Gasteiger partial charge in [-0.2, -0.15) is 11.8 Å². The zero-order chi connectivity index (χ0) is 11.4. The molecule has 0 aromatic carbocycles. The van der Waals surface area contributed by atoms with E-state index in [-0.39, 0.29) is 6.10 Å². The van der Waals surface area contributed by atoms with E-state index in [1.807, 2.05) is 0 Å². The molecule has 1 saturated heterocycles. The van der Waals surface area contributed by atoms with Crippen molar-refractivity contribution < 1.29 is 5.11 Å². The molecule has 0 radical (unpaired) electrons. The Bertz CT molecular complexity index is 212. The fraction of sp³-hybridized carbons (Fsp3) is 1.00. The van der Waals surface area contributed by atoms with E-state index < -0.39 is 0 Å². The van der Waals surface area contributed by atoms with E-state index in [4.69, 9.17) is 0 Å². The van der Waals surface area contributed by atoms with Crippen LogP contribution < -0.4 is 0 Å². The molecule has 2 aliphatic rings. The van der Waals surface area contributed by atoms with Crippen LogP contribution in [0.1, 0.15) is 39.0 Å². The van der Waals surface area contributed by atoms with Crippen LogP contribution in [0.5, 0.6) is 0 Å². The predicted octanol–water partition coefficient (Wildman–Crippen LogP) is 2.36. The lowest BCUT2D eigenvalue weighted by molar-refractivity contribution is 0.0665. The maximum Gasteiger partial charge on any atom is 0.0580 e. The van der Waals surface area contributed by atoms with Crippen molar-refractivity contribution in [1.82, 2.24) is 4.90 Å². The Hall–Kier alpha value is 0.270. The molecule has 0 aromatic rings. The molecular weight excluding hydrogens is 218 g/mol. The van der Waals surface area contributed by atoms with Gasteiger partial charge in [0, 0.05) is 30.6 Å². The molecule has 94 valence electrons. The summed E-state index contributed by atoms with van der Waals surface area (Å²) in [7, 11) is 0. The van der Waals surface area contributed by atoms with Gasteiger partial charge >= 0.3 is 0 Å². The molecule has 1 heterocycles. The second-order valence-corrected chi connectivity index (χ2v) is 6.53. The third kappa shape index (κ3) is 3.38. The molecule has 0 spiro atoms. The van der Waals surface area contributed by atoms with E-state index in [0.29, 0.717) is 12.0 Å². The Morgan fingerprint density at radius 1 is 1.25 bits per heavy atom. The van der Waals surface area contributed by atoms with Gasteiger partial charge in [0.05, 0.1) is 6.10 Å². The van der Waals surface area contributed by atoms with Crippen molar-refractivity contribution >= 4 is 11.8 Å². The monoisotopic (exact) mass is 243 g/mol. The minimum atomic E-state index is -0.0377. The lowest BCUT2D eigenvalue weighted by Gasteiger charge is -2.36. The molecule has 3 atom stereocenters. The van der Waals surface area contributed by atoms with Gasteiger partial charge in [-0.25, -0.2) is 0 Å². The molecule has 1 saturated carbocycles. The molecule has 2 rings (SSSR count). The predicted molar refractivity (Wildman–Crippen MR) is 70.9 cm³/mol. The Labute approximate surface area is 104 Å². The zero-order valence-electron chi connectivity index (χ0n) is 10.4. The minimum absolute atomic E-state index is 0.0377. The first-order valence-corrected chi connectivity index (χ1v) is 7.92. The van der Waals surface area contributed by atoms with E-state index in [1.54, 1.807) is 0 Å². The first-order chi connectivity index (χ1) is 7.77. The van der Waals surface area contributed by atoms with Crippen LogP contribution in [0.2, 0.25) is 0 Å². The molecule has 0 bridgehead atoms. The Balaban J connectivity index is 1.86. The molecule has 3 heteroatoms. The van der Waals surface area contributed by atoms with Crippen LogP contribution in [0.4, 0.5) is 0 Å². The highest BCUT2D eigenvalue weighted by molar-refractivity contribution is 7.99. The van der Waals surface area contributed by atoms with Crippen LogP contribution in [0.15, 0.2) is 0 Å². The van der Waals surface area contributed by atoms with Gasteiger partial charge in [0.2, 0.25) is 0 Å². The highest BCUT2D eigenvalue weighted by Crippen LogP contribution is 2.26. The second-order valence-electron chi connectivity index (χ2n) is 5.38. The van der Waals surface area contributed by atoms with Gasteiger partial charge in [-0.1, -0.05) is 19.3 Å². The van der Waals surface area contributed by atoms with Gasteiger partial charge < -0.3 is 5.11 Å². The van der Waals surface area contributed by atoms with Crippen molar-refractivity contribution in [2.75, 3.05) is 24.6 Å². The number of nitrogens with zero attached hydrogens (tertiary/aromatic N) is 1. The molecule has 16 heavy (non-hydrogen) atoms. The highest BCUT2D eigenvalue weighted by Gasteiger charge is 2.27. The maximum atomic E-state index is 10.1. The maximum absolute atomic E-state index is 10.1. The average Bonchev–Trinajstić information content (AvgIpc) is 2.48. The molecule has 1 aliphatic carbocycles. The van der Waals surface area contributed by atoms with Gasteiger partial charge in [-0.05, 0) is 25.7 Å². The normalized spacial score (nSPS) is 38.2. The van der Waals surface area contributed by atoms with Crippen LogP contribution in [-0.2, 0) is 0 Å². The summed E-state index contributed by atoms with van der Waals surface area (Å²) < 4.78 is 0. The van der Waals surface area contributed by atoms with E-state index in [0.717, 1.165) is 13.0 Å². The van der Waals surface area contributed by atoms with Crippen molar-refractivity contribution in [3.8, 4) is 0 Å². The summed E-state index contributed by atoms with van der Waals surface area (Å²) in [6, 6.07) is 0.703. The first-order valence-electron chi connectivity index (χ1n) is 6.77. The lowest BCUT2D eigenvalue weighted by atomic mass is 9.96. The SMILES string of the molecule is CC1CSCCN1CC1CCCCCC1O. The van der Waals surface area contributed by atoms with Crippen LogP contribution in [0.3, 0.4) is 0 Å². The number of rotatable bonds is 2. The van der Waals surface area contributed by atoms with Gasteiger partial charge in [-0.3, -0.25) is 4.90 Å². The summed E-state index contributed by atoms with van der Waals surface area (Å²) in [5.41, 5.74) is 0. The summed E-state index contributed by atoms with van der Waals surface area (Å²) in [5.74, 6) is 3.07. The van der Waals surface area contributed by atoms with E-state index in [9.17, 15) is 5.11 Å². The Kier molecular flexibility index (Phi) is 4.98. The number of thioether (sulfide) groups is 1. The lowest BCUT2D eigenvalue weighted by Crippen LogP contribution is -2.44. The summed E-state index contributed by atoms with van der Waals surface area (Å²) >= 11 is 2.07. The molecule has 3 unspecified atom stereocenters. The summed E-state index contributed by atoms with van der Waals surface area (Å²) in [5, 5.41) is 10.1. The van der Waals surface area contributed by atoms with Crippen molar-refractivity contribution in [3.05, 3.63) is 0 Å². The number of hydrogen-bond donors (Lipinski definition) is 1. The van der Waals surface area contributed by atoms with E-state index in [1.165, 1.54) is 43.7 Å². The first kappa shape index (κ1) is 12.7. The molecule has 2 fully saturated rings. The van der Waals surface area contributed by atoms with Crippen LogP contribution in [0.25, 0.3) is 0 Å². The summed E-state index contributed by atoms with van der Waals surface area (Å²) in [6.45, 7) is 4.67. The highest BCUT2D eigenvalue weighted by atomic mass is 32.2. The Morgan fingerprint density at radius 2 is 2.06 bits per heavy atom. The summed E-state index contributed by atoms with van der Waals surface area (Å²) in [4.78, 5) is 2.59. The topological polar surface area (TPSA) is 23.5 Å². The fourth-order valence-corrected chi connectivity index (χ4v) is 3.99. The third-order valence-electron chi connectivity index (χ3n) is 4.09. The quantitative estimate of drug-likeness (QED) is 0.753. The van der Waals surface area contributed by atoms with Gasteiger partial charge in [0.15, 0.2) is 0 Å². The summed E-state index contributed by atoms with van der Waals surface area (Å²) in [6.07, 6.45) is 6.09. The van der Waals surface area contributed by atoms with Crippen molar-refractivity contribution in [1.29, 1.82) is 0 Å². The van der Waals surface area contributed by atoms with Crippen molar-refractivity contribution in [2.24, 2.45) is 5.92 Å². The standard InChI is InChI=1S/C13H25NOS/c1-11-10-16-8-7-14(11)9-12-5-3-2-4-6-13(12)15/h11-13,15H,2-10H2,1H3. The average molecular weight is 243 g/mol. The zero-order valence-corrected chi connectivity index (χ0v) is 11.2. The molecular formula is C13H25NOS. The van der Waals surface area contributed by atoms with E-state index >= 15 is 0 Å². The number of aliphatic hydroxyl groups is 1. The molecule has 0 aromatic heterocycles. The van der Waals surface area contributed by atoms with Crippen LogP contribution >= 0.6 is 11.8 Å². The minimum Gasteiger partial charge on any atom is -0.393 e. The van der Waals surface area contributed by atoms with E-state index in [2.05, 4.69) is 23.6 Å². The van der Waals surface area contributed by atoms with Gasteiger partial charge in [0.1, 0.15) is 0 Å². The molecule has 2 nitrogen and oxygen atoms in total. The van der Waals surface area contributed by atoms with Gasteiger partial charge in [0.25, 0.3) is 0 Å². The fourth-order valence-electron chi connectivity index (χ4n) is 2.91. The number of hydrogen-bond acceptors (Lipinski definition) is 3. The Morgan fingerprint density at radius 3 is 2.88 bits per heavy atom. The molecule has 1 aliphatic heterocycles. The van der Waals surface area contributed by atoms with Crippen molar-refractivity contribution in [3.63, 3.8) is 0 Å². The molecule has 0 amide bonds. The van der Waals surface area contributed by atoms with Crippen LogP contribution in [-0.4, -0.2) is 46.7 Å². The van der Waals surface area contributed by atoms with Gasteiger partial charge in [-0.15, -0.1) is 0 Å². The smallest absolute Gasteiger partial charge is 0.0580 e.